The van der Waals surface area contributed by atoms with E-state index in [4.69, 9.17) is 4.74 Å². The van der Waals surface area contributed by atoms with Crippen LogP contribution >= 0.6 is 0 Å². The number of aryl methyl sites for hydroxylation is 1. The van der Waals surface area contributed by atoms with Crippen molar-refractivity contribution in [3.05, 3.63) is 30.5 Å². The smallest absolute Gasteiger partial charge is 0.226 e. The number of fused-ring (bicyclic) bond motifs is 1. The Balaban J connectivity index is 1.35. The second-order valence-corrected chi connectivity index (χ2v) is 7.86. The molecule has 0 radical (unpaired) electrons. The van der Waals surface area contributed by atoms with Crippen LogP contribution in [0.5, 0.6) is 5.75 Å². The average Bonchev–Trinajstić information content (AvgIpc) is 3.04. The Morgan fingerprint density at radius 3 is 2.65 bits per heavy atom. The number of ether oxygens (including phenoxy) is 1. The van der Waals surface area contributed by atoms with Crippen molar-refractivity contribution >= 4 is 16.8 Å². The predicted octanol–water partition coefficient (Wildman–Crippen LogP) is 2.89. The highest BCUT2D eigenvalue weighted by Crippen LogP contribution is 2.29. The lowest BCUT2D eigenvalue weighted by Gasteiger charge is -2.37. The van der Waals surface area contributed by atoms with Gasteiger partial charge in [-0.25, -0.2) is 0 Å². The number of likely N-dealkylation sites (tertiary alicyclic amines) is 2. The van der Waals surface area contributed by atoms with E-state index >= 15 is 0 Å². The molecule has 26 heavy (non-hydrogen) atoms. The Hall–Kier alpha value is -2.01. The maximum atomic E-state index is 12.8. The molecule has 140 valence electrons. The molecule has 0 spiro atoms. The van der Waals surface area contributed by atoms with Crippen molar-refractivity contribution in [3.63, 3.8) is 0 Å². The molecule has 2 aliphatic heterocycles. The maximum absolute atomic E-state index is 12.8. The summed E-state index contributed by atoms with van der Waals surface area (Å²) in [7, 11) is 4.17. The molecule has 0 saturated carbocycles. The minimum Gasteiger partial charge on any atom is -0.490 e. The molecule has 4 rings (SSSR count). The molecule has 0 bridgehead atoms. The van der Waals surface area contributed by atoms with Gasteiger partial charge in [0.05, 0.1) is 11.4 Å². The van der Waals surface area contributed by atoms with E-state index in [-0.39, 0.29) is 12.0 Å². The van der Waals surface area contributed by atoms with Crippen molar-refractivity contribution in [1.82, 2.24) is 14.4 Å². The third-order valence-electron chi connectivity index (χ3n) is 5.91. The first kappa shape index (κ1) is 17.4. The monoisotopic (exact) mass is 355 g/mol. The molecule has 2 saturated heterocycles. The van der Waals surface area contributed by atoms with Gasteiger partial charge in [0, 0.05) is 51.1 Å². The number of piperidine rings is 2. The number of hydrogen-bond acceptors (Lipinski definition) is 3. The van der Waals surface area contributed by atoms with Gasteiger partial charge >= 0.3 is 0 Å². The number of hydrogen-bond donors (Lipinski definition) is 0. The molecule has 0 aliphatic carbocycles. The molecule has 1 unspecified atom stereocenters. The molecule has 5 heteroatoms. The lowest BCUT2D eigenvalue weighted by molar-refractivity contribution is -0.139. The molecular formula is C21H29N3O2. The highest BCUT2D eigenvalue weighted by Gasteiger charge is 2.31. The van der Waals surface area contributed by atoms with E-state index < -0.39 is 0 Å². The van der Waals surface area contributed by atoms with Gasteiger partial charge in [-0.2, -0.15) is 0 Å². The summed E-state index contributed by atoms with van der Waals surface area (Å²) in [5, 5.41) is 1.17. The first-order chi connectivity index (χ1) is 12.6. The first-order valence-electron chi connectivity index (χ1n) is 9.80. The van der Waals surface area contributed by atoms with Gasteiger partial charge < -0.3 is 19.1 Å². The van der Waals surface area contributed by atoms with Gasteiger partial charge in [-0.05, 0) is 44.6 Å². The summed E-state index contributed by atoms with van der Waals surface area (Å²) in [6.45, 7) is 3.65. The Morgan fingerprint density at radius 1 is 1.08 bits per heavy atom. The van der Waals surface area contributed by atoms with E-state index in [1.54, 1.807) is 0 Å². The number of carbonyl (C=O) groups excluding carboxylic acids is 1. The van der Waals surface area contributed by atoms with Gasteiger partial charge in [-0.3, -0.25) is 4.79 Å². The minimum absolute atomic E-state index is 0.185. The second kappa shape index (κ2) is 7.31. The van der Waals surface area contributed by atoms with Crippen LogP contribution < -0.4 is 4.74 Å². The van der Waals surface area contributed by atoms with Crippen molar-refractivity contribution in [2.45, 2.75) is 31.8 Å². The van der Waals surface area contributed by atoms with Gasteiger partial charge in [0.25, 0.3) is 0 Å². The third kappa shape index (κ3) is 3.45. The second-order valence-electron chi connectivity index (χ2n) is 7.86. The fraction of sp³-hybridized carbons (Fsp3) is 0.571. The van der Waals surface area contributed by atoms with Gasteiger partial charge in [-0.1, -0.05) is 6.07 Å². The van der Waals surface area contributed by atoms with Crippen molar-refractivity contribution in [2.24, 2.45) is 13.0 Å². The fourth-order valence-corrected chi connectivity index (χ4v) is 4.38. The number of nitrogens with zero attached hydrogens (tertiary/aromatic N) is 3. The molecule has 2 aromatic rings. The van der Waals surface area contributed by atoms with E-state index in [1.165, 1.54) is 10.9 Å². The third-order valence-corrected chi connectivity index (χ3v) is 5.91. The quantitative estimate of drug-likeness (QED) is 0.850. The Morgan fingerprint density at radius 2 is 1.88 bits per heavy atom. The van der Waals surface area contributed by atoms with Crippen LogP contribution in [0.25, 0.3) is 10.9 Å². The molecule has 1 aromatic heterocycles. The highest BCUT2D eigenvalue weighted by atomic mass is 16.5. The van der Waals surface area contributed by atoms with Crippen LogP contribution in [-0.2, 0) is 11.8 Å². The maximum Gasteiger partial charge on any atom is 0.226 e. The summed E-state index contributed by atoms with van der Waals surface area (Å²) in [4.78, 5) is 17.1. The van der Waals surface area contributed by atoms with Crippen molar-refractivity contribution in [2.75, 3.05) is 33.2 Å². The minimum atomic E-state index is 0.185. The summed E-state index contributed by atoms with van der Waals surface area (Å²) in [6.07, 6.45) is 6.26. The van der Waals surface area contributed by atoms with E-state index in [0.717, 1.165) is 57.6 Å². The first-order valence-corrected chi connectivity index (χ1v) is 9.80. The average molecular weight is 355 g/mol. The zero-order chi connectivity index (χ0) is 18.1. The zero-order valence-corrected chi connectivity index (χ0v) is 15.9. The molecule has 0 N–H and O–H groups in total. The topological polar surface area (TPSA) is 37.7 Å². The molecule has 1 aromatic carbocycles. The summed E-state index contributed by atoms with van der Waals surface area (Å²) in [5.74, 6) is 1.49. The van der Waals surface area contributed by atoms with Crippen LogP contribution in [0.3, 0.4) is 0 Å². The summed E-state index contributed by atoms with van der Waals surface area (Å²) in [6, 6.07) is 8.33. The largest absolute Gasteiger partial charge is 0.490 e. The van der Waals surface area contributed by atoms with Gasteiger partial charge in [-0.15, -0.1) is 0 Å². The zero-order valence-electron chi connectivity index (χ0n) is 15.9. The molecule has 1 atom stereocenters. The fourth-order valence-electron chi connectivity index (χ4n) is 4.38. The van der Waals surface area contributed by atoms with Crippen LogP contribution in [0.4, 0.5) is 0 Å². The lowest BCUT2D eigenvalue weighted by atomic mass is 9.95. The van der Waals surface area contributed by atoms with E-state index in [2.05, 4.69) is 58.9 Å². The molecule has 1 amide bonds. The molecule has 2 aliphatic rings. The lowest BCUT2D eigenvalue weighted by Crippen LogP contribution is -2.47. The van der Waals surface area contributed by atoms with E-state index in [1.807, 2.05) is 0 Å². The summed E-state index contributed by atoms with van der Waals surface area (Å²) in [5.41, 5.74) is 1.19. The van der Waals surface area contributed by atoms with Crippen LogP contribution in [0, 0.1) is 5.92 Å². The standard InChI is InChI=1S/C21H29N3O2/c1-22-11-4-5-16(15-22)21(25)24-13-8-17(9-14-24)26-20-7-3-6-19-18(20)10-12-23(19)2/h3,6-7,10,12,16-17H,4-5,8-9,11,13-15H2,1-2H3. The van der Waals surface area contributed by atoms with Gasteiger partial charge in [0.2, 0.25) is 5.91 Å². The van der Waals surface area contributed by atoms with Crippen LogP contribution in [0.15, 0.2) is 30.5 Å². The normalized spacial score (nSPS) is 22.7. The number of rotatable bonds is 3. The highest BCUT2D eigenvalue weighted by molar-refractivity contribution is 5.86. The summed E-state index contributed by atoms with van der Waals surface area (Å²) < 4.78 is 8.43. The van der Waals surface area contributed by atoms with Gasteiger partial charge in [0.1, 0.15) is 11.9 Å². The number of amides is 1. The SMILES string of the molecule is CN1CCCC(C(=O)N2CCC(Oc3cccc4c3ccn4C)CC2)C1. The van der Waals surface area contributed by atoms with E-state index in [9.17, 15) is 4.79 Å². The molecule has 2 fully saturated rings. The Labute approximate surface area is 155 Å². The molecular weight excluding hydrogens is 326 g/mol. The Bertz CT molecular complexity index is 777. The van der Waals surface area contributed by atoms with E-state index in [0.29, 0.717) is 5.91 Å². The van der Waals surface area contributed by atoms with Crippen LogP contribution in [0.2, 0.25) is 0 Å². The number of aromatic nitrogens is 1. The van der Waals surface area contributed by atoms with Crippen molar-refractivity contribution in [1.29, 1.82) is 0 Å². The van der Waals surface area contributed by atoms with Crippen molar-refractivity contribution < 1.29 is 9.53 Å². The summed E-state index contributed by atoms with van der Waals surface area (Å²) >= 11 is 0. The predicted molar refractivity (Wildman–Crippen MR) is 103 cm³/mol. The molecule has 3 heterocycles. The number of benzene rings is 1. The Kier molecular flexibility index (Phi) is 4.90. The molecule has 5 nitrogen and oxygen atoms in total. The van der Waals surface area contributed by atoms with Gasteiger partial charge in [0.15, 0.2) is 0 Å². The number of carbonyl (C=O) groups is 1. The van der Waals surface area contributed by atoms with Crippen LogP contribution in [-0.4, -0.2) is 59.6 Å². The van der Waals surface area contributed by atoms with Crippen molar-refractivity contribution in [3.8, 4) is 5.75 Å². The van der Waals surface area contributed by atoms with Crippen LogP contribution in [0.1, 0.15) is 25.7 Å².